The van der Waals surface area contributed by atoms with Crippen LogP contribution in [0.3, 0.4) is 0 Å². The van der Waals surface area contributed by atoms with E-state index in [9.17, 15) is 9.18 Å². The Hall–Kier alpha value is -1.22. The van der Waals surface area contributed by atoms with Crippen LogP contribution in [-0.2, 0) is 0 Å². The Bertz CT molecular complexity index is 390. The van der Waals surface area contributed by atoms with Crippen molar-refractivity contribution in [2.45, 2.75) is 26.2 Å². The molecule has 1 N–H and O–H groups in total. The van der Waals surface area contributed by atoms with Crippen LogP contribution in [0.1, 0.15) is 35.2 Å². The summed E-state index contributed by atoms with van der Waals surface area (Å²) in [7, 11) is 0. The zero-order valence-corrected chi connectivity index (χ0v) is 10.1. The fraction of sp³-hybridized carbons (Fsp3) is 0.500. The lowest BCUT2D eigenvalue weighted by molar-refractivity contribution is 0.0974. The maximum atomic E-state index is 13.2. The van der Waals surface area contributed by atoms with E-state index >= 15 is 0 Å². The van der Waals surface area contributed by atoms with Gasteiger partial charge in [0.2, 0.25) is 0 Å². The fourth-order valence-corrected chi connectivity index (χ4v) is 2.34. The number of aryl methyl sites for hydroxylation is 1. The molecule has 0 spiro atoms. The first-order valence-corrected chi connectivity index (χ1v) is 6.16. The lowest BCUT2D eigenvalue weighted by atomic mass is 9.97. The van der Waals surface area contributed by atoms with Gasteiger partial charge in [0.25, 0.3) is 0 Å². The van der Waals surface area contributed by atoms with Crippen molar-refractivity contribution in [3.8, 4) is 0 Å². The van der Waals surface area contributed by atoms with Gasteiger partial charge in [0.05, 0.1) is 0 Å². The molecule has 1 atom stereocenters. The molecule has 2 nitrogen and oxygen atoms in total. The summed E-state index contributed by atoms with van der Waals surface area (Å²) in [5.74, 6) is 0.337. The van der Waals surface area contributed by atoms with Crippen LogP contribution in [0.4, 0.5) is 4.39 Å². The number of nitrogens with one attached hydrogen (secondary N) is 1. The summed E-state index contributed by atoms with van der Waals surface area (Å²) in [5.41, 5.74) is 1.31. The minimum atomic E-state index is -0.323. The van der Waals surface area contributed by atoms with Gasteiger partial charge >= 0.3 is 0 Å². The van der Waals surface area contributed by atoms with Gasteiger partial charge in [0.15, 0.2) is 5.78 Å². The standard InChI is InChI=1S/C14H18FNO/c1-10-6-12(8-13(15)7-10)14(17)3-2-11-4-5-16-9-11/h6-8,11,16H,2-5,9H2,1H3. The number of benzene rings is 1. The highest BCUT2D eigenvalue weighted by atomic mass is 19.1. The lowest BCUT2D eigenvalue weighted by Gasteiger charge is -2.07. The van der Waals surface area contributed by atoms with Gasteiger partial charge in [-0.05, 0) is 62.5 Å². The van der Waals surface area contributed by atoms with Gasteiger partial charge in [0, 0.05) is 12.0 Å². The first kappa shape index (κ1) is 12.2. The van der Waals surface area contributed by atoms with Gasteiger partial charge in [-0.1, -0.05) is 0 Å². The van der Waals surface area contributed by atoms with E-state index in [0.29, 0.717) is 17.9 Å². The van der Waals surface area contributed by atoms with Crippen molar-refractivity contribution in [2.75, 3.05) is 13.1 Å². The second-order valence-electron chi connectivity index (χ2n) is 4.84. The average molecular weight is 235 g/mol. The molecule has 0 saturated carbocycles. The largest absolute Gasteiger partial charge is 0.316 e. The summed E-state index contributed by atoms with van der Waals surface area (Å²) in [5, 5.41) is 3.28. The van der Waals surface area contributed by atoms with Gasteiger partial charge in [-0.25, -0.2) is 4.39 Å². The molecule has 1 aliphatic rings. The molecule has 0 aromatic heterocycles. The Morgan fingerprint density at radius 3 is 2.94 bits per heavy atom. The minimum absolute atomic E-state index is 0.0551. The Morgan fingerprint density at radius 2 is 2.29 bits per heavy atom. The molecule has 0 aliphatic carbocycles. The Labute approximate surface area is 101 Å². The van der Waals surface area contributed by atoms with Gasteiger partial charge in [-0.3, -0.25) is 4.79 Å². The third-order valence-corrected chi connectivity index (χ3v) is 3.31. The monoisotopic (exact) mass is 235 g/mol. The van der Waals surface area contributed by atoms with E-state index in [1.54, 1.807) is 13.0 Å². The summed E-state index contributed by atoms with van der Waals surface area (Å²) in [6.45, 7) is 3.87. The molecule has 0 radical (unpaired) electrons. The third-order valence-electron chi connectivity index (χ3n) is 3.31. The highest BCUT2D eigenvalue weighted by Crippen LogP contribution is 2.17. The zero-order valence-electron chi connectivity index (χ0n) is 10.1. The fourth-order valence-electron chi connectivity index (χ4n) is 2.34. The molecule has 0 bridgehead atoms. The molecular formula is C14H18FNO. The van der Waals surface area contributed by atoms with Crippen LogP contribution in [0, 0.1) is 18.7 Å². The van der Waals surface area contributed by atoms with Crippen molar-refractivity contribution >= 4 is 5.78 Å². The van der Waals surface area contributed by atoms with Crippen LogP contribution in [0.2, 0.25) is 0 Å². The molecule has 1 saturated heterocycles. The number of hydrogen-bond donors (Lipinski definition) is 1. The van der Waals surface area contributed by atoms with Crippen LogP contribution in [0.5, 0.6) is 0 Å². The van der Waals surface area contributed by atoms with Gasteiger partial charge in [0.1, 0.15) is 5.82 Å². The second kappa shape index (κ2) is 5.41. The molecule has 1 aromatic rings. The van der Waals surface area contributed by atoms with E-state index < -0.39 is 0 Å². The number of carbonyl (C=O) groups excluding carboxylic acids is 1. The van der Waals surface area contributed by atoms with Crippen LogP contribution < -0.4 is 5.32 Å². The van der Waals surface area contributed by atoms with Gasteiger partial charge < -0.3 is 5.32 Å². The van der Waals surface area contributed by atoms with E-state index in [1.165, 1.54) is 12.1 Å². The van der Waals surface area contributed by atoms with Gasteiger partial charge in [-0.2, -0.15) is 0 Å². The van der Waals surface area contributed by atoms with E-state index in [2.05, 4.69) is 5.32 Å². The number of halogens is 1. The molecule has 1 aliphatic heterocycles. The molecule has 1 aromatic carbocycles. The first-order chi connectivity index (χ1) is 8.15. The SMILES string of the molecule is Cc1cc(F)cc(C(=O)CCC2CCNC2)c1. The molecule has 1 fully saturated rings. The van der Waals surface area contributed by atoms with Crippen molar-refractivity contribution in [3.05, 3.63) is 35.1 Å². The minimum Gasteiger partial charge on any atom is -0.316 e. The van der Waals surface area contributed by atoms with Crippen LogP contribution in [0.25, 0.3) is 0 Å². The van der Waals surface area contributed by atoms with Crippen molar-refractivity contribution in [3.63, 3.8) is 0 Å². The summed E-state index contributed by atoms with van der Waals surface area (Å²) in [6.07, 6.45) is 2.58. The molecular weight excluding hydrogens is 217 g/mol. The predicted octanol–water partition coefficient (Wildman–Crippen LogP) is 2.71. The van der Waals surface area contributed by atoms with Crippen molar-refractivity contribution in [1.29, 1.82) is 0 Å². The Morgan fingerprint density at radius 1 is 1.47 bits per heavy atom. The van der Waals surface area contributed by atoms with Crippen molar-refractivity contribution < 1.29 is 9.18 Å². The summed E-state index contributed by atoms with van der Waals surface area (Å²) in [6, 6.07) is 4.54. The number of rotatable bonds is 4. The molecule has 1 heterocycles. The van der Waals surface area contributed by atoms with E-state index in [4.69, 9.17) is 0 Å². The van der Waals surface area contributed by atoms with Crippen molar-refractivity contribution in [1.82, 2.24) is 5.32 Å². The van der Waals surface area contributed by atoms with Crippen molar-refractivity contribution in [2.24, 2.45) is 5.92 Å². The number of ketones is 1. The van der Waals surface area contributed by atoms with Crippen LogP contribution in [0.15, 0.2) is 18.2 Å². The van der Waals surface area contributed by atoms with Crippen LogP contribution >= 0.6 is 0 Å². The number of Topliss-reactive ketones (excluding diaryl/α,β-unsaturated/α-hetero) is 1. The highest BCUT2D eigenvalue weighted by Gasteiger charge is 2.16. The topological polar surface area (TPSA) is 29.1 Å². The summed E-state index contributed by atoms with van der Waals surface area (Å²) < 4.78 is 13.2. The average Bonchev–Trinajstić information content (AvgIpc) is 2.77. The molecule has 92 valence electrons. The Balaban J connectivity index is 1.94. The lowest BCUT2D eigenvalue weighted by Crippen LogP contribution is -2.10. The first-order valence-electron chi connectivity index (χ1n) is 6.16. The molecule has 17 heavy (non-hydrogen) atoms. The number of carbonyl (C=O) groups is 1. The maximum absolute atomic E-state index is 13.2. The quantitative estimate of drug-likeness (QED) is 0.813. The molecule has 3 heteroatoms. The Kier molecular flexibility index (Phi) is 3.89. The summed E-state index contributed by atoms with van der Waals surface area (Å²) in [4.78, 5) is 11.9. The normalized spacial score (nSPS) is 19.5. The third kappa shape index (κ3) is 3.37. The van der Waals surface area contributed by atoms with E-state index in [1.807, 2.05) is 0 Å². The zero-order chi connectivity index (χ0) is 12.3. The molecule has 0 amide bonds. The summed E-state index contributed by atoms with van der Waals surface area (Å²) >= 11 is 0. The molecule has 1 unspecified atom stereocenters. The molecule has 2 rings (SSSR count). The van der Waals surface area contributed by atoms with E-state index in [0.717, 1.165) is 31.5 Å². The highest BCUT2D eigenvalue weighted by molar-refractivity contribution is 5.96. The second-order valence-corrected chi connectivity index (χ2v) is 4.84. The van der Waals surface area contributed by atoms with Crippen LogP contribution in [-0.4, -0.2) is 18.9 Å². The van der Waals surface area contributed by atoms with E-state index in [-0.39, 0.29) is 11.6 Å². The predicted molar refractivity (Wildman–Crippen MR) is 65.7 cm³/mol. The smallest absolute Gasteiger partial charge is 0.162 e. The van der Waals surface area contributed by atoms with Gasteiger partial charge in [-0.15, -0.1) is 0 Å². The number of hydrogen-bond acceptors (Lipinski definition) is 2. The maximum Gasteiger partial charge on any atom is 0.162 e.